The Morgan fingerprint density at radius 1 is 1.60 bits per heavy atom. The summed E-state index contributed by atoms with van der Waals surface area (Å²) in [6.45, 7) is -0.250. The van der Waals surface area contributed by atoms with Gasteiger partial charge in [0.2, 0.25) is 0 Å². The van der Waals surface area contributed by atoms with Gasteiger partial charge in [-0.3, -0.25) is 4.79 Å². The summed E-state index contributed by atoms with van der Waals surface area (Å²) in [4.78, 5) is 8.36. The Bertz CT molecular complexity index is 20.9. The van der Waals surface area contributed by atoms with Gasteiger partial charge in [-0.05, 0) is 0 Å². The van der Waals surface area contributed by atoms with Crippen LogP contribution < -0.4 is 0 Å². The van der Waals surface area contributed by atoms with Gasteiger partial charge >= 0.3 is 23.7 Å². The molecular weight excluding hydrogens is 108 g/mol. The zero-order valence-electron chi connectivity index (χ0n) is 2.34. The zero-order chi connectivity index (χ0) is 4.71. The van der Waals surface area contributed by atoms with Crippen molar-refractivity contribution in [1.82, 2.24) is 0 Å². The molecule has 5 heavy (non-hydrogen) atoms. The van der Waals surface area contributed by atoms with Crippen molar-refractivity contribution in [3.05, 3.63) is 0 Å². The molecule has 0 unspecified atom stereocenters. The van der Waals surface area contributed by atoms with Gasteiger partial charge in [-0.1, -0.05) is 0 Å². The van der Waals surface area contributed by atoms with Crippen molar-refractivity contribution in [2.45, 2.75) is 0 Å². The van der Waals surface area contributed by atoms with Gasteiger partial charge in [0.1, 0.15) is 0 Å². The van der Waals surface area contributed by atoms with Crippen molar-refractivity contribution in [3.63, 3.8) is 0 Å². The molecule has 28 valence electrons. The average Bonchev–Trinajstić information content (AvgIpc) is 1.46. The van der Waals surface area contributed by atoms with E-state index in [0.717, 1.165) is 20.4 Å². The van der Waals surface area contributed by atoms with E-state index in [4.69, 9.17) is 13.2 Å². The fourth-order valence-corrected chi connectivity index (χ4v) is 0. The van der Waals surface area contributed by atoms with E-state index in [1.807, 2.05) is 0 Å². The Morgan fingerprint density at radius 2 is 1.60 bits per heavy atom. The number of carboxylic acid groups (broad SMARTS) is 1. The first kappa shape index (κ1) is 8.88. The average molecular weight is 110 g/mol. The van der Waals surface area contributed by atoms with Gasteiger partial charge in [-0.2, -0.15) is 0 Å². The minimum atomic E-state index is -0.250. The summed E-state index contributed by atoms with van der Waals surface area (Å²) in [6.07, 6.45) is 0. The van der Waals surface area contributed by atoms with Gasteiger partial charge in [0, 0.05) is 0 Å². The van der Waals surface area contributed by atoms with E-state index in [-0.39, 0.29) is 6.47 Å². The predicted molar refractivity (Wildman–Crippen MR) is 9.38 cm³/mol. The predicted octanol–water partition coefficient (Wildman–Crippen LogP) is -0.420. The number of carbonyl (C=O) groups is 1. The van der Waals surface area contributed by atoms with Gasteiger partial charge in [0.05, 0.1) is 0 Å². The van der Waals surface area contributed by atoms with E-state index in [1.165, 1.54) is 0 Å². The Kier molecular flexibility index (Phi) is 65.1. The topological polar surface area (TPSA) is 54.4 Å². The van der Waals surface area contributed by atoms with Gasteiger partial charge in [-0.15, -0.1) is 0 Å². The van der Waals surface area contributed by atoms with Crippen LogP contribution in [0.15, 0.2) is 0 Å². The molecule has 0 atom stereocenters. The Hall–Kier alpha value is -0.0157. The third kappa shape index (κ3) is 63500. The van der Waals surface area contributed by atoms with E-state index < -0.39 is 0 Å². The number of rotatable bonds is 0. The quantitative estimate of drug-likeness (QED) is 0.340. The summed E-state index contributed by atoms with van der Waals surface area (Å²) in [6, 6.07) is 0. The number of hydrogen-bond donors (Lipinski definition) is 1. The van der Waals surface area contributed by atoms with Crippen LogP contribution in [0.2, 0.25) is 0 Å². The second-order valence-corrected chi connectivity index (χ2v) is 0.105. The van der Waals surface area contributed by atoms with Crippen LogP contribution in [0.4, 0.5) is 0 Å². The fourth-order valence-electron chi connectivity index (χ4n) is 0. The molecule has 1 N–H and O–H groups in total. The molecule has 0 bridgehead atoms. The molecule has 0 aliphatic heterocycles. The first-order valence-electron chi connectivity index (χ1n) is 0.698. The zero-order valence-corrected chi connectivity index (χ0v) is 3.90. The van der Waals surface area contributed by atoms with Gasteiger partial charge in [-0.25, -0.2) is 0 Å². The van der Waals surface area contributed by atoms with Crippen molar-refractivity contribution in [1.29, 1.82) is 0 Å². The molecular formula is CH2O3Ti. The van der Waals surface area contributed by atoms with Gasteiger partial charge in [0.25, 0.3) is 6.47 Å². The van der Waals surface area contributed by atoms with Crippen LogP contribution in [0.5, 0.6) is 0 Å². The summed E-state index contributed by atoms with van der Waals surface area (Å²) in [7, 11) is 0. The summed E-state index contributed by atoms with van der Waals surface area (Å²) < 4.78 is 8.25. The van der Waals surface area contributed by atoms with Crippen LogP contribution in [0.1, 0.15) is 0 Å². The SMILES string of the molecule is O=CO.[O]=[Ti]. The molecule has 0 aromatic rings. The van der Waals surface area contributed by atoms with Crippen molar-refractivity contribution in [2.24, 2.45) is 0 Å². The maximum absolute atomic E-state index is 8.36. The van der Waals surface area contributed by atoms with Crippen LogP contribution >= 0.6 is 0 Å². The van der Waals surface area contributed by atoms with Crippen molar-refractivity contribution < 1.29 is 33.6 Å². The van der Waals surface area contributed by atoms with Crippen molar-refractivity contribution >= 4 is 6.47 Å². The van der Waals surface area contributed by atoms with Crippen molar-refractivity contribution in [2.75, 3.05) is 0 Å². The van der Waals surface area contributed by atoms with E-state index >= 15 is 0 Å². The molecule has 0 amide bonds. The molecule has 3 nitrogen and oxygen atoms in total. The first-order valence-corrected chi connectivity index (χ1v) is 1.34. The Morgan fingerprint density at radius 3 is 1.60 bits per heavy atom. The Labute approximate surface area is 40.7 Å². The van der Waals surface area contributed by atoms with Gasteiger partial charge < -0.3 is 5.11 Å². The standard InChI is InChI=1S/CH2O2.O.Ti/c2-1-3;;/h1H,(H,2,3);;. The van der Waals surface area contributed by atoms with E-state index in [1.54, 1.807) is 0 Å². The van der Waals surface area contributed by atoms with E-state index in [2.05, 4.69) is 0 Å². The minimum absolute atomic E-state index is 0.250. The number of hydrogen-bond acceptors (Lipinski definition) is 2. The second-order valence-electron chi connectivity index (χ2n) is 0.105. The third-order valence-electron chi connectivity index (χ3n) is 0. The van der Waals surface area contributed by atoms with E-state index in [9.17, 15) is 0 Å². The summed E-state index contributed by atoms with van der Waals surface area (Å²) in [5.74, 6) is 0. The Balaban J connectivity index is 0. The summed E-state index contributed by atoms with van der Waals surface area (Å²) in [5, 5.41) is 6.89. The van der Waals surface area contributed by atoms with Crippen LogP contribution in [0, 0.1) is 0 Å². The van der Waals surface area contributed by atoms with Crippen LogP contribution in [-0.2, 0) is 28.5 Å². The summed E-state index contributed by atoms with van der Waals surface area (Å²) >= 11 is 0.750. The second kappa shape index (κ2) is 36.6. The molecule has 0 aliphatic carbocycles. The van der Waals surface area contributed by atoms with Crippen molar-refractivity contribution in [3.8, 4) is 0 Å². The van der Waals surface area contributed by atoms with Crippen LogP contribution in [0.25, 0.3) is 0 Å². The van der Waals surface area contributed by atoms with Crippen LogP contribution in [0.3, 0.4) is 0 Å². The first-order chi connectivity index (χ1) is 2.41. The van der Waals surface area contributed by atoms with E-state index in [0.29, 0.717) is 0 Å². The monoisotopic (exact) mass is 110 g/mol. The molecule has 0 heterocycles. The molecule has 0 spiro atoms. The molecule has 0 radical (unpaired) electrons. The molecule has 0 aromatic carbocycles. The summed E-state index contributed by atoms with van der Waals surface area (Å²) in [5.41, 5.74) is 0. The molecule has 0 aliphatic rings. The molecule has 0 saturated heterocycles. The molecule has 0 saturated carbocycles. The molecule has 4 heteroatoms. The van der Waals surface area contributed by atoms with Crippen LogP contribution in [-0.4, -0.2) is 11.6 Å². The fraction of sp³-hybridized carbons (Fsp3) is 0. The molecule has 0 rings (SSSR count). The normalized spacial score (nSPS) is 3.00. The molecule has 0 fully saturated rings. The third-order valence-corrected chi connectivity index (χ3v) is 0. The molecule has 0 aromatic heterocycles. The van der Waals surface area contributed by atoms with Gasteiger partial charge in [0.15, 0.2) is 0 Å². The maximum atomic E-state index is 8.36.